The molecule has 0 spiro atoms. The maximum absolute atomic E-state index is 12.1. The first-order valence-electron chi connectivity index (χ1n) is 6.22. The molecule has 0 aliphatic heterocycles. The molecule has 2 N–H and O–H groups in total. The highest BCUT2D eigenvalue weighted by atomic mass is 32.2. The summed E-state index contributed by atoms with van der Waals surface area (Å²) in [6, 6.07) is 6.60. The lowest BCUT2D eigenvalue weighted by molar-refractivity contribution is 0.575. The summed E-state index contributed by atoms with van der Waals surface area (Å²) in [5.74, 6) is 0. The summed E-state index contributed by atoms with van der Waals surface area (Å²) >= 11 is 0. The van der Waals surface area contributed by atoms with Gasteiger partial charge in [-0.15, -0.1) is 0 Å². The van der Waals surface area contributed by atoms with Gasteiger partial charge >= 0.3 is 0 Å². The van der Waals surface area contributed by atoms with Crippen molar-refractivity contribution < 1.29 is 8.42 Å². The summed E-state index contributed by atoms with van der Waals surface area (Å²) in [6.07, 6.45) is 1.01. The van der Waals surface area contributed by atoms with Crippen molar-refractivity contribution in [2.45, 2.75) is 25.2 Å². The van der Waals surface area contributed by atoms with Crippen LogP contribution in [0.1, 0.15) is 24.5 Å². The Morgan fingerprint density at radius 2 is 2.00 bits per heavy atom. The Balaban J connectivity index is 2.75. The van der Waals surface area contributed by atoms with Gasteiger partial charge in [-0.05, 0) is 37.6 Å². The SMILES string of the molecule is CCCNCCNS(=O)(=O)c1cc(C#N)ccc1C. The Kier molecular flexibility index (Phi) is 5.96. The van der Waals surface area contributed by atoms with Crippen molar-refractivity contribution in [1.82, 2.24) is 10.0 Å². The van der Waals surface area contributed by atoms with E-state index in [1.165, 1.54) is 6.07 Å². The molecular weight excluding hydrogens is 262 g/mol. The molecule has 0 radical (unpaired) electrons. The predicted molar refractivity (Wildman–Crippen MR) is 74.2 cm³/mol. The number of sulfonamides is 1. The highest BCUT2D eigenvalue weighted by Crippen LogP contribution is 2.16. The Bertz CT molecular complexity index is 562. The van der Waals surface area contributed by atoms with Gasteiger partial charge in [-0.25, -0.2) is 13.1 Å². The maximum atomic E-state index is 12.1. The highest BCUT2D eigenvalue weighted by molar-refractivity contribution is 7.89. The summed E-state index contributed by atoms with van der Waals surface area (Å²) < 4.78 is 26.7. The van der Waals surface area contributed by atoms with E-state index in [0.717, 1.165) is 13.0 Å². The molecule has 0 aliphatic rings. The van der Waals surface area contributed by atoms with Crippen LogP contribution in [0.15, 0.2) is 23.1 Å². The molecule has 0 saturated carbocycles. The molecule has 1 aromatic carbocycles. The van der Waals surface area contributed by atoms with E-state index in [-0.39, 0.29) is 4.90 Å². The lowest BCUT2D eigenvalue weighted by Crippen LogP contribution is -2.32. The van der Waals surface area contributed by atoms with Gasteiger partial charge in [0, 0.05) is 13.1 Å². The molecule has 0 aliphatic carbocycles. The van der Waals surface area contributed by atoms with Crippen LogP contribution >= 0.6 is 0 Å². The monoisotopic (exact) mass is 281 g/mol. The van der Waals surface area contributed by atoms with Crippen LogP contribution in [0.2, 0.25) is 0 Å². The van der Waals surface area contributed by atoms with Crippen LogP contribution in [0.3, 0.4) is 0 Å². The molecule has 0 bridgehead atoms. The van der Waals surface area contributed by atoms with E-state index in [0.29, 0.717) is 24.2 Å². The van der Waals surface area contributed by atoms with Crippen LogP contribution in [-0.4, -0.2) is 28.1 Å². The average molecular weight is 281 g/mol. The molecule has 6 heteroatoms. The Morgan fingerprint density at radius 1 is 1.26 bits per heavy atom. The van der Waals surface area contributed by atoms with Gasteiger partial charge in [-0.2, -0.15) is 5.26 Å². The summed E-state index contributed by atoms with van der Waals surface area (Å²) in [7, 11) is -3.55. The van der Waals surface area contributed by atoms with Crippen LogP contribution in [0.25, 0.3) is 0 Å². The van der Waals surface area contributed by atoms with Crippen LogP contribution in [0.5, 0.6) is 0 Å². The number of aryl methyl sites for hydroxylation is 1. The summed E-state index contributed by atoms with van der Waals surface area (Å²) in [5.41, 5.74) is 0.975. The van der Waals surface area contributed by atoms with Gasteiger partial charge in [0.25, 0.3) is 0 Å². The zero-order valence-electron chi connectivity index (χ0n) is 11.2. The van der Waals surface area contributed by atoms with Crippen molar-refractivity contribution in [1.29, 1.82) is 5.26 Å². The molecule has 1 rings (SSSR count). The second-order valence-corrected chi connectivity index (χ2v) is 5.98. The first-order chi connectivity index (χ1) is 9.01. The normalized spacial score (nSPS) is 11.2. The number of nitrogens with one attached hydrogen (secondary N) is 2. The number of nitriles is 1. The van der Waals surface area contributed by atoms with Gasteiger partial charge in [0.2, 0.25) is 10.0 Å². The zero-order valence-corrected chi connectivity index (χ0v) is 12.0. The summed E-state index contributed by atoms with van der Waals surface area (Å²) in [6.45, 7) is 5.55. The van der Waals surface area contributed by atoms with Gasteiger partial charge in [-0.1, -0.05) is 13.0 Å². The standard InChI is InChI=1S/C13H19N3O2S/c1-3-6-15-7-8-16-19(17,18)13-9-12(10-14)5-4-11(13)2/h4-5,9,15-16H,3,6-8H2,1-2H3. The van der Waals surface area contributed by atoms with Crippen molar-refractivity contribution in [3.05, 3.63) is 29.3 Å². The quantitative estimate of drug-likeness (QED) is 0.734. The number of hydrogen-bond donors (Lipinski definition) is 2. The predicted octanol–water partition coefficient (Wildman–Crippen LogP) is 1.14. The summed E-state index contributed by atoms with van der Waals surface area (Å²) in [5, 5.41) is 11.9. The smallest absolute Gasteiger partial charge is 0.240 e. The Labute approximate surface area is 114 Å². The van der Waals surface area contributed by atoms with Crippen molar-refractivity contribution in [3.8, 4) is 6.07 Å². The molecule has 19 heavy (non-hydrogen) atoms. The highest BCUT2D eigenvalue weighted by Gasteiger charge is 2.16. The van der Waals surface area contributed by atoms with E-state index >= 15 is 0 Å². The molecule has 0 fully saturated rings. The third-order valence-corrected chi connectivity index (χ3v) is 4.23. The minimum absolute atomic E-state index is 0.169. The minimum Gasteiger partial charge on any atom is -0.315 e. The minimum atomic E-state index is -3.55. The van der Waals surface area contributed by atoms with Crippen molar-refractivity contribution in [2.24, 2.45) is 0 Å². The lowest BCUT2D eigenvalue weighted by Gasteiger charge is -2.10. The van der Waals surface area contributed by atoms with Crippen LogP contribution in [0, 0.1) is 18.3 Å². The second kappa shape index (κ2) is 7.24. The first kappa shape index (κ1) is 15.6. The maximum Gasteiger partial charge on any atom is 0.240 e. The van der Waals surface area contributed by atoms with Crippen molar-refractivity contribution >= 4 is 10.0 Å². The van der Waals surface area contributed by atoms with Gasteiger partial charge in [0.15, 0.2) is 0 Å². The van der Waals surface area contributed by atoms with Gasteiger partial charge in [0.05, 0.1) is 16.5 Å². The number of nitrogens with zero attached hydrogens (tertiary/aromatic N) is 1. The lowest BCUT2D eigenvalue weighted by atomic mass is 10.2. The van der Waals surface area contributed by atoms with E-state index in [9.17, 15) is 8.42 Å². The summed E-state index contributed by atoms with van der Waals surface area (Å²) in [4.78, 5) is 0.169. The van der Waals surface area contributed by atoms with Crippen molar-refractivity contribution in [3.63, 3.8) is 0 Å². The van der Waals surface area contributed by atoms with Crippen LogP contribution in [0.4, 0.5) is 0 Å². The third-order valence-electron chi connectivity index (χ3n) is 2.63. The molecule has 5 nitrogen and oxygen atoms in total. The fourth-order valence-electron chi connectivity index (χ4n) is 1.61. The van der Waals surface area contributed by atoms with Gasteiger partial charge < -0.3 is 5.32 Å². The average Bonchev–Trinajstić information content (AvgIpc) is 2.39. The molecule has 0 saturated heterocycles. The van der Waals surface area contributed by atoms with Gasteiger partial charge in [-0.3, -0.25) is 0 Å². The van der Waals surface area contributed by atoms with E-state index in [4.69, 9.17) is 5.26 Å². The molecular formula is C13H19N3O2S. The number of rotatable bonds is 7. The first-order valence-corrected chi connectivity index (χ1v) is 7.70. The third kappa shape index (κ3) is 4.63. The van der Waals surface area contributed by atoms with E-state index in [1.807, 2.05) is 13.0 Å². The topological polar surface area (TPSA) is 82.0 Å². The van der Waals surface area contributed by atoms with Crippen LogP contribution < -0.4 is 10.0 Å². The van der Waals surface area contributed by atoms with E-state index in [2.05, 4.69) is 10.0 Å². The molecule has 0 amide bonds. The van der Waals surface area contributed by atoms with E-state index < -0.39 is 10.0 Å². The fourth-order valence-corrected chi connectivity index (χ4v) is 2.91. The van der Waals surface area contributed by atoms with Gasteiger partial charge in [0.1, 0.15) is 0 Å². The second-order valence-electron chi connectivity index (χ2n) is 4.24. The van der Waals surface area contributed by atoms with E-state index in [1.54, 1.807) is 19.1 Å². The van der Waals surface area contributed by atoms with Crippen LogP contribution in [-0.2, 0) is 10.0 Å². The molecule has 1 aromatic rings. The number of benzene rings is 1. The van der Waals surface area contributed by atoms with Crippen molar-refractivity contribution in [2.75, 3.05) is 19.6 Å². The molecule has 0 heterocycles. The molecule has 0 atom stereocenters. The Hall–Kier alpha value is -1.42. The Morgan fingerprint density at radius 3 is 2.63 bits per heavy atom. The largest absolute Gasteiger partial charge is 0.315 e. The molecule has 0 aromatic heterocycles. The fraction of sp³-hybridized carbons (Fsp3) is 0.462. The number of hydrogen-bond acceptors (Lipinski definition) is 4. The molecule has 0 unspecified atom stereocenters. The molecule has 104 valence electrons. The zero-order chi connectivity index (χ0) is 14.3.